The SMILES string of the molecule is CCO[C@@H](C)c1noc(CN2CCC[C@@H]2c2nc3c(n2C)CCCC3)n1. The van der Waals surface area contributed by atoms with Crippen LogP contribution in [0.5, 0.6) is 0 Å². The fraction of sp³-hybridized carbons (Fsp3) is 0.737. The molecule has 0 spiro atoms. The van der Waals surface area contributed by atoms with Crippen molar-refractivity contribution in [1.29, 1.82) is 0 Å². The third-order valence-corrected chi connectivity index (χ3v) is 5.67. The van der Waals surface area contributed by atoms with Gasteiger partial charge in [-0.3, -0.25) is 4.90 Å². The van der Waals surface area contributed by atoms with Gasteiger partial charge in [0, 0.05) is 19.3 Å². The summed E-state index contributed by atoms with van der Waals surface area (Å²) in [4.78, 5) is 12.0. The number of aryl methyl sites for hydroxylation is 1. The van der Waals surface area contributed by atoms with Crippen LogP contribution in [0, 0.1) is 0 Å². The van der Waals surface area contributed by atoms with Gasteiger partial charge in [0.05, 0.1) is 18.3 Å². The van der Waals surface area contributed by atoms with Crippen LogP contribution < -0.4 is 0 Å². The molecule has 1 fully saturated rings. The Balaban J connectivity index is 1.50. The second-order valence-electron chi connectivity index (χ2n) is 7.40. The fourth-order valence-corrected chi connectivity index (χ4v) is 4.31. The maximum absolute atomic E-state index is 5.55. The van der Waals surface area contributed by atoms with Crippen LogP contribution in [0.25, 0.3) is 0 Å². The molecule has 2 aromatic rings. The van der Waals surface area contributed by atoms with Gasteiger partial charge in [-0.25, -0.2) is 4.98 Å². The summed E-state index contributed by atoms with van der Waals surface area (Å²) in [6.45, 7) is 6.28. The summed E-state index contributed by atoms with van der Waals surface area (Å²) in [7, 11) is 2.18. The van der Waals surface area contributed by atoms with E-state index in [9.17, 15) is 0 Å². The van der Waals surface area contributed by atoms with Gasteiger partial charge >= 0.3 is 0 Å². The number of hydrogen-bond acceptors (Lipinski definition) is 6. The molecule has 26 heavy (non-hydrogen) atoms. The number of likely N-dealkylation sites (tertiary alicyclic amines) is 1. The second kappa shape index (κ2) is 7.48. The molecule has 2 aliphatic rings. The zero-order valence-electron chi connectivity index (χ0n) is 16.1. The molecule has 0 radical (unpaired) electrons. The van der Waals surface area contributed by atoms with Gasteiger partial charge in [0.2, 0.25) is 5.89 Å². The summed E-state index contributed by atoms with van der Waals surface area (Å²) >= 11 is 0. The first-order valence-corrected chi connectivity index (χ1v) is 9.89. The number of nitrogens with zero attached hydrogens (tertiary/aromatic N) is 5. The maximum atomic E-state index is 5.55. The molecule has 2 aromatic heterocycles. The van der Waals surface area contributed by atoms with Crippen molar-refractivity contribution in [1.82, 2.24) is 24.6 Å². The first-order valence-electron chi connectivity index (χ1n) is 9.89. The van der Waals surface area contributed by atoms with Crippen molar-refractivity contribution in [3.63, 3.8) is 0 Å². The van der Waals surface area contributed by atoms with Crippen molar-refractivity contribution < 1.29 is 9.26 Å². The Morgan fingerprint density at radius 2 is 2.08 bits per heavy atom. The van der Waals surface area contributed by atoms with Gasteiger partial charge in [-0.05, 0) is 58.9 Å². The number of ether oxygens (including phenoxy) is 1. The lowest BCUT2D eigenvalue weighted by Crippen LogP contribution is -2.25. The summed E-state index contributed by atoms with van der Waals surface area (Å²) in [6.07, 6.45) is 7.02. The molecule has 142 valence electrons. The molecule has 0 amide bonds. The Kier molecular flexibility index (Phi) is 5.09. The van der Waals surface area contributed by atoms with Crippen LogP contribution >= 0.6 is 0 Å². The summed E-state index contributed by atoms with van der Waals surface area (Å²) in [5.74, 6) is 2.50. The van der Waals surface area contributed by atoms with Crippen molar-refractivity contribution >= 4 is 0 Å². The minimum Gasteiger partial charge on any atom is -0.371 e. The predicted octanol–water partition coefficient (Wildman–Crippen LogP) is 3.12. The molecule has 1 aliphatic carbocycles. The minimum absolute atomic E-state index is 0.131. The highest BCUT2D eigenvalue weighted by molar-refractivity contribution is 5.22. The number of rotatable bonds is 6. The molecule has 1 aliphatic heterocycles. The third kappa shape index (κ3) is 3.30. The minimum atomic E-state index is -0.131. The molecule has 1 saturated heterocycles. The smallest absolute Gasteiger partial charge is 0.240 e. The van der Waals surface area contributed by atoms with E-state index < -0.39 is 0 Å². The molecular weight excluding hydrogens is 330 g/mol. The second-order valence-corrected chi connectivity index (χ2v) is 7.40. The monoisotopic (exact) mass is 359 g/mol. The summed E-state index contributed by atoms with van der Waals surface area (Å²) < 4.78 is 13.4. The predicted molar refractivity (Wildman–Crippen MR) is 96.6 cm³/mol. The van der Waals surface area contributed by atoms with Gasteiger partial charge < -0.3 is 13.8 Å². The molecule has 2 atom stereocenters. The lowest BCUT2D eigenvalue weighted by Gasteiger charge is -2.22. The molecular formula is C19H29N5O2. The van der Waals surface area contributed by atoms with Crippen LogP contribution in [0.4, 0.5) is 0 Å². The van der Waals surface area contributed by atoms with Crippen molar-refractivity contribution in [2.75, 3.05) is 13.2 Å². The van der Waals surface area contributed by atoms with E-state index in [0.717, 1.165) is 25.8 Å². The van der Waals surface area contributed by atoms with E-state index >= 15 is 0 Å². The Labute approximate surface area is 154 Å². The normalized spacial score (nSPS) is 21.9. The van der Waals surface area contributed by atoms with Crippen molar-refractivity contribution in [3.8, 4) is 0 Å². The molecule has 0 aromatic carbocycles. The van der Waals surface area contributed by atoms with Crippen molar-refractivity contribution in [2.24, 2.45) is 7.05 Å². The molecule has 0 saturated carbocycles. The van der Waals surface area contributed by atoms with E-state index in [1.165, 1.54) is 36.5 Å². The fourth-order valence-electron chi connectivity index (χ4n) is 4.31. The van der Waals surface area contributed by atoms with Crippen LogP contribution in [0.15, 0.2) is 4.52 Å². The highest BCUT2D eigenvalue weighted by Crippen LogP contribution is 2.34. The number of aromatic nitrogens is 4. The Hall–Kier alpha value is -1.73. The molecule has 0 unspecified atom stereocenters. The topological polar surface area (TPSA) is 69.2 Å². The number of imidazole rings is 1. The molecule has 7 nitrogen and oxygen atoms in total. The van der Waals surface area contributed by atoms with E-state index in [1.54, 1.807) is 0 Å². The first kappa shape index (κ1) is 17.7. The molecule has 0 N–H and O–H groups in total. The zero-order valence-corrected chi connectivity index (χ0v) is 16.1. The largest absolute Gasteiger partial charge is 0.371 e. The lowest BCUT2D eigenvalue weighted by atomic mass is 10.0. The first-order chi connectivity index (χ1) is 12.7. The van der Waals surface area contributed by atoms with Gasteiger partial charge in [-0.2, -0.15) is 4.98 Å². The Bertz CT molecular complexity index is 753. The van der Waals surface area contributed by atoms with Crippen LogP contribution in [-0.2, 0) is 31.2 Å². The summed E-state index contributed by atoms with van der Waals surface area (Å²) in [6, 6.07) is 0.338. The van der Waals surface area contributed by atoms with Gasteiger partial charge in [0.1, 0.15) is 11.9 Å². The third-order valence-electron chi connectivity index (χ3n) is 5.67. The van der Waals surface area contributed by atoms with Crippen LogP contribution in [0.2, 0.25) is 0 Å². The average molecular weight is 359 g/mol. The van der Waals surface area contributed by atoms with Crippen LogP contribution in [0.3, 0.4) is 0 Å². The molecule has 7 heteroatoms. The Morgan fingerprint density at radius 1 is 1.23 bits per heavy atom. The molecule has 4 rings (SSSR count). The van der Waals surface area contributed by atoms with E-state index in [0.29, 0.717) is 30.9 Å². The Morgan fingerprint density at radius 3 is 2.88 bits per heavy atom. The highest BCUT2D eigenvalue weighted by Gasteiger charge is 2.32. The van der Waals surface area contributed by atoms with E-state index in [-0.39, 0.29) is 6.10 Å². The molecule has 3 heterocycles. The van der Waals surface area contributed by atoms with Crippen molar-refractivity contribution in [3.05, 3.63) is 28.9 Å². The van der Waals surface area contributed by atoms with Gasteiger partial charge in [0.25, 0.3) is 0 Å². The number of hydrogen-bond donors (Lipinski definition) is 0. The standard InChI is InChI=1S/C19H29N5O2/c1-4-25-13(2)18-21-17(26-22-18)12-24-11-7-10-16(24)19-20-14-8-5-6-9-15(14)23(19)3/h13,16H,4-12H2,1-3H3/t13-,16+/m0/s1. The van der Waals surface area contributed by atoms with Crippen molar-refractivity contribution in [2.45, 2.75) is 71.1 Å². The summed E-state index contributed by atoms with van der Waals surface area (Å²) in [5, 5.41) is 4.09. The van der Waals surface area contributed by atoms with Crippen LogP contribution in [-0.4, -0.2) is 37.7 Å². The highest BCUT2D eigenvalue weighted by atomic mass is 16.5. The lowest BCUT2D eigenvalue weighted by molar-refractivity contribution is 0.0683. The zero-order chi connectivity index (χ0) is 18.1. The maximum Gasteiger partial charge on any atom is 0.240 e. The van der Waals surface area contributed by atoms with Gasteiger partial charge in [-0.15, -0.1) is 0 Å². The van der Waals surface area contributed by atoms with Crippen LogP contribution in [0.1, 0.15) is 80.6 Å². The van der Waals surface area contributed by atoms with Gasteiger partial charge in [0.15, 0.2) is 5.82 Å². The van der Waals surface area contributed by atoms with Gasteiger partial charge in [-0.1, -0.05) is 5.16 Å². The number of fused-ring (bicyclic) bond motifs is 1. The summed E-state index contributed by atoms with van der Waals surface area (Å²) in [5.41, 5.74) is 2.75. The average Bonchev–Trinajstić information content (AvgIpc) is 3.36. The van der Waals surface area contributed by atoms with E-state index in [2.05, 4.69) is 26.7 Å². The van der Waals surface area contributed by atoms with E-state index in [1.807, 2.05) is 13.8 Å². The quantitative estimate of drug-likeness (QED) is 0.789. The molecule has 0 bridgehead atoms. The van der Waals surface area contributed by atoms with E-state index in [4.69, 9.17) is 14.2 Å².